The Kier molecular flexibility index (Phi) is 5.65. The molecule has 130 valence electrons. The molecule has 0 saturated carbocycles. The van der Waals surface area contributed by atoms with Crippen molar-refractivity contribution in [1.82, 2.24) is 0 Å². The Morgan fingerprint density at radius 3 is 1.61 bits per heavy atom. The number of hydrogen-bond acceptors (Lipinski definition) is 4. The number of carbonyl (C=O) groups excluding carboxylic acids is 1. The van der Waals surface area contributed by atoms with E-state index in [0.717, 1.165) is 16.7 Å². The van der Waals surface area contributed by atoms with Crippen LogP contribution in [0.4, 0.5) is 0 Å². The Bertz CT molecular complexity index is 563. The lowest BCUT2D eigenvalue weighted by molar-refractivity contribution is -0.202. The monoisotopic (exact) mass is 322 g/mol. The number of esters is 1. The molecule has 23 heavy (non-hydrogen) atoms. The molecule has 0 radical (unpaired) electrons. The fourth-order valence-electron chi connectivity index (χ4n) is 2.38. The second-order valence-corrected chi connectivity index (χ2v) is 7.52. The molecule has 0 spiro atoms. The quantitative estimate of drug-likeness (QED) is 0.609. The summed E-state index contributed by atoms with van der Waals surface area (Å²) in [6.45, 7) is 12.0. The minimum atomic E-state index is -0.873. The van der Waals surface area contributed by atoms with Gasteiger partial charge in [-0.25, -0.2) is 0 Å². The molecule has 0 unspecified atom stereocenters. The lowest BCUT2D eigenvalue weighted by Crippen LogP contribution is -2.33. The average molecular weight is 322 g/mol. The summed E-state index contributed by atoms with van der Waals surface area (Å²) in [4.78, 5) is 12.2. The third-order valence-corrected chi connectivity index (χ3v) is 4.52. The van der Waals surface area contributed by atoms with Crippen LogP contribution in [-0.4, -0.2) is 27.3 Å². The normalized spacial score (nSPS) is 13.1. The first kappa shape index (κ1) is 19.7. The molecule has 4 nitrogen and oxygen atoms in total. The Labute approximate surface area is 140 Å². The molecule has 0 heterocycles. The zero-order valence-corrected chi connectivity index (χ0v) is 15.9. The summed E-state index contributed by atoms with van der Waals surface area (Å²) in [5, 5.41) is 0. The van der Waals surface area contributed by atoms with Crippen LogP contribution < -0.4 is 0 Å². The van der Waals surface area contributed by atoms with Gasteiger partial charge in [-0.1, -0.05) is 26.8 Å². The summed E-state index contributed by atoms with van der Waals surface area (Å²) in [7, 11) is 4.63. The third-order valence-electron chi connectivity index (χ3n) is 4.52. The van der Waals surface area contributed by atoms with Gasteiger partial charge in [-0.2, -0.15) is 0 Å². The second kappa shape index (κ2) is 6.62. The van der Waals surface area contributed by atoms with E-state index in [-0.39, 0.29) is 11.4 Å². The zero-order chi connectivity index (χ0) is 18.1. The van der Waals surface area contributed by atoms with Crippen molar-refractivity contribution in [2.45, 2.75) is 58.2 Å². The standard InChI is InChI=1S/C19H30O4/c1-17(2,3)13-10-14(18(4,5)16(20)21-7)12-15(11-13)19(6,22-8)23-9/h10-12H,1-9H3. The van der Waals surface area contributed by atoms with Crippen LogP contribution in [0.15, 0.2) is 18.2 Å². The number of benzene rings is 1. The molecule has 1 rings (SSSR count). The van der Waals surface area contributed by atoms with Crippen molar-refractivity contribution < 1.29 is 19.0 Å². The topological polar surface area (TPSA) is 44.8 Å². The summed E-state index contributed by atoms with van der Waals surface area (Å²) in [6.07, 6.45) is 0. The third kappa shape index (κ3) is 3.93. The van der Waals surface area contributed by atoms with Crippen molar-refractivity contribution in [1.29, 1.82) is 0 Å². The molecule has 0 aliphatic heterocycles. The molecule has 1 aromatic rings. The Morgan fingerprint density at radius 2 is 1.22 bits per heavy atom. The molecule has 0 aliphatic carbocycles. The molecular weight excluding hydrogens is 292 g/mol. The predicted molar refractivity (Wildman–Crippen MR) is 91.6 cm³/mol. The van der Waals surface area contributed by atoms with E-state index < -0.39 is 11.2 Å². The van der Waals surface area contributed by atoms with Crippen LogP contribution in [0.5, 0.6) is 0 Å². The van der Waals surface area contributed by atoms with E-state index in [1.807, 2.05) is 26.8 Å². The fraction of sp³-hybridized carbons (Fsp3) is 0.632. The maximum atomic E-state index is 12.2. The Hall–Kier alpha value is -1.39. The lowest BCUT2D eigenvalue weighted by Gasteiger charge is -2.32. The fourth-order valence-corrected chi connectivity index (χ4v) is 2.38. The lowest BCUT2D eigenvalue weighted by atomic mass is 9.78. The van der Waals surface area contributed by atoms with Crippen molar-refractivity contribution in [3.05, 3.63) is 34.9 Å². The average Bonchev–Trinajstić information content (AvgIpc) is 2.51. The number of hydrogen-bond donors (Lipinski definition) is 0. The summed E-state index contributed by atoms with van der Waals surface area (Å²) < 4.78 is 16.1. The molecule has 0 fully saturated rings. The molecule has 1 aromatic carbocycles. The van der Waals surface area contributed by atoms with Crippen LogP contribution in [0.2, 0.25) is 0 Å². The van der Waals surface area contributed by atoms with E-state index >= 15 is 0 Å². The van der Waals surface area contributed by atoms with Crippen LogP contribution in [0.1, 0.15) is 58.2 Å². The number of methoxy groups -OCH3 is 3. The Morgan fingerprint density at radius 1 is 0.783 bits per heavy atom. The molecule has 0 aromatic heterocycles. The van der Waals surface area contributed by atoms with Crippen LogP contribution in [0.3, 0.4) is 0 Å². The van der Waals surface area contributed by atoms with Crippen molar-refractivity contribution >= 4 is 5.97 Å². The van der Waals surface area contributed by atoms with Gasteiger partial charge in [0.15, 0.2) is 5.79 Å². The van der Waals surface area contributed by atoms with Gasteiger partial charge in [0.2, 0.25) is 0 Å². The van der Waals surface area contributed by atoms with Gasteiger partial charge < -0.3 is 14.2 Å². The van der Waals surface area contributed by atoms with Crippen LogP contribution in [0, 0.1) is 0 Å². The molecule has 0 atom stereocenters. The van der Waals surface area contributed by atoms with Gasteiger partial charge in [0.05, 0.1) is 12.5 Å². The van der Waals surface area contributed by atoms with Crippen LogP contribution in [-0.2, 0) is 35.6 Å². The number of rotatable bonds is 5. The van der Waals surface area contributed by atoms with Gasteiger partial charge in [-0.3, -0.25) is 4.79 Å². The van der Waals surface area contributed by atoms with Crippen molar-refractivity contribution in [3.8, 4) is 0 Å². The van der Waals surface area contributed by atoms with Gasteiger partial charge in [-0.05, 0) is 49.4 Å². The molecular formula is C19H30O4. The summed E-state index contributed by atoms with van der Waals surface area (Å²) in [5.41, 5.74) is 2.04. The molecule has 0 aliphatic rings. The molecule has 0 bridgehead atoms. The summed E-state index contributed by atoms with van der Waals surface area (Å²) in [5.74, 6) is -1.14. The highest BCUT2D eigenvalue weighted by atomic mass is 16.7. The van der Waals surface area contributed by atoms with Gasteiger partial charge in [0.1, 0.15) is 0 Å². The van der Waals surface area contributed by atoms with Gasteiger partial charge in [-0.15, -0.1) is 0 Å². The van der Waals surface area contributed by atoms with Crippen LogP contribution in [0.25, 0.3) is 0 Å². The maximum Gasteiger partial charge on any atom is 0.315 e. The zero-order valence-electron chi connectivity index (χ0n) is 15.9. The SMILES string of the molecule is COC(=O)C(C)(C)c1cc(C(C)(C)C)cc(C(C)(OC)OC)c1. The highest BCUT2D eigenvalue weighted by molar-refractivity contribution is 5.82. The van der Waals surface area contributed by atoms with Crippen molar-refractivity contribution in [2.24, 2.45) is 0 Å². The summed E-state index contributed by atoms with van der Waals surface area (Å²) >= 11 is 0. The van der Waals surface area contributed by atoms with Crippen LogP contribution >= 0.6 is 0 Å². The first-order valence-electron chi connectivity index (χ1n) is 7.77. The summed E-state index contributed by atoms with van der Waals surface area (Å²) in [6, 6.07) is 6.09. The first-order chi connectivity index (χ1) is 10.4. The largest absolute Gasteiger partial charge is 0.468 e. The van der Waals surface area contributed by atoms with E-state index in [0.29, 0.717) is 0 Å². The molecule has 0 amide bonds. The minimum Gasteiger partial charge on any atom is -0.468 e. The second-order valence-electron chi connectivity index (χ2n) is 7.52. The van der Waals surface area contributed by atoms with E-state index in [9.17, 15) is 4.79 Å². The van der Waals surface area contributed by atoms with E-state index in [4.69, 9.17) is 14.2 Å². The highest BCUT2D eigenvalue weighted by Gasteiger charge is 2.35. The van der Waals surface area contributed by atoms with E-state index in [1.165, 1.54) is 7.11 Å². The smallest absolute Gasteiger partial charge is 0.315 e. The molecule has 0 N–H and O–H groups in total. The van der Waals surface area contributed by atoms with Crippen molar-refractivity contribution in [3.63, 3.8) is 0 Å². The molecule has 0 saturated heterocycles. The maximum absolute atomic E-state index is 12.2. The van der Waals surface area contributed by atoms with Gasteiger partial charge in [0.25, 0.3) is 0 Å². The Balaban J connectivity index is 3.64. The van der Waals surface area contributed by atoms with Crippen molar-refractivity contribution in [2.75, 3.05) is 21.3 Å². The first-order valence-corrected chi connectivity index (χ1v) is 7.77. The van der Waals surface area contributed by atoms with Gasteiger partial charge >= 0.3 is 5.97 Å². The van der Waals surface area contributed by atoms with E-state index in [1.54, 1.807) is 14.2 Å². The minimum absolute atomic E-state index is 0.0701. The highest BCUT2D eigenvalue weighted by Crippen LogP contribution is 2.35. The van der Waals surface area contributed by atoms with E-state index in [2.05, 4.69) is 32.9 Å². The molecule has 4 heteroatoms. The number of ether oxygens (including phenoxy) is 3. The number of carbonyl (C=O) groups is 1. The predicted octanol–water partition coefficient (Wildman–Crippen LogP) is 3.90. The van der Waals surface area contributed by atoms with Gasteiger partial charge in [0, 0.05) is 19.8 Å².